The van der Waals surface area contributed by atoms with E-state index in [2.05, 4.69) is 0 Å². The fraction of sp³-hybridized carbons (Fsp3) is 0.538. The average Bonchev–Trinajstić information content (AvgIpc) is 2.91. The summed E-state index contributed by atoms with van der Waals surface area (Å²) >= 11 is 1.82. The summed E-state index contributed by atoms with van der Waals surface area (Å²) < 4.78 is 26.3. The van der Waals surface area contributed by atoms with Gasteiger partial charge in [0.05, 0.1) is 5.75 Å². The number of nitrogens with zero attached hydrogens (tertiary/aromatic N) is 1. The van der Waals surface area contributed by atoms with Crippen LogP contribution in [0.15, 0.2) is 24.3 Å². The smallest absolute Gasteiger partial charge is 0.218 e. The van der Waals surface area contributed by atoms with E-state index in [1.807, 2.05) is 36.0 Å². The summed E-state index contributed by atoms with van der Waals surface area (Å²) in [4.78, 5) is 0. The fourth-order valence-corrected chi connectivity index (χ4v) is 5.00. The second-order valence-electron chi connectivity index (χ2n) is 4.81. The highest BCUT2D eigenvalue weighted by Gasteiger charge is 2.29. The zero-order valence-corrected chi connectivity index (χ0v) is 12.7. The van der Waals surface area contributed by atoms with Gasteiger partial charge in [-0.05, 0) is 23.3 Å². The van der Waals surface area contributed by atoms with Crippen LogP contribution < -0.4 is 5.73 Å². The van der Waals surface area contributed by atoms with Gasteiger partial charge in [0, 0.05) is 25.4 Å². The standard InChI is InChI=1S/C13H20N2O2S2/c1-15(13-5-6-18-9-13)19(16,17)10-12-4-2-3-11(7-12)8-14/h2-4,7,13H,5-6,8-10,14H2,1H3. The monoisotopic (exact) mass is 300 g/mol. The van der Waals surface area contributed by atoms with Crippen LogP contribution in [0.3, 0.4) is 0 Å². The Labute approximate surface area is 119 Å². The summed E-state index contributed by atoms with van der Waals surface area (Å²) in [5.41, 5.74) is 7.35. The van der Waals surface area contributed by atoms with Gasteiger partial charge in [-0.3, -0.25) is 0 Å². The lowest BCUT2D eigenvalue weighted by atomic mass is 10.1. The number of benzene rings is 1. The molecule has 0 aliphatic carbocycles. The average molecular weight is 300 g/mol. The molecule has 0 aromatic heterocycles. The maximum absolute atomic E-state index is 12.4. The molecular weight excluding hydrogens is 280 g/mol. The molecule has 1 fully saturated rings. The van der Waals surface area contributed by atoms with Crippen molar-refractivity contribution in [2.75, 3.05) is 18.6 Å². The van der Waals surface area contributed by atoms with Gasteiger partial charge in [0.2, 0.25) is 10.0 Å². The molecule has 4 nitrogen and oxygen atoms in total. The number of hydrogen-bond acceptors (Lipinski definition) is 4. The Bertz CT molecular complexity index is 525. The first kappa shape index (κ1) is 14.8. The first-order valence-electron chi connectivity index (χ1n) is 6.34. The SMILES string of the molecule is CN(C1CCSC1)S(=O)(=O)Cc1cccc(CN)c1. The summed E-state index contributed by atoms with van der Waals surface area (Å²) in [6.45, 7) is 0.434. The highest BCUT2D eigenvalue weighted by Crippen LogP contribution is 2.24. The molecule has 6 heteroatoms. The van der Waals surface area contributed by atoms with Crippen LogP contribution in [-0.4, -0.2) is 37.3 Å². The van der Waals surface area contributed by atoms with Crippen molar-refractivity contribution in [1.82, 2.24) is 4.31 Å². The molecule has 106 valence electrons. The maximum Gasteiger partial charge on any atom is 0.218 e. The molecule has 1 aliphatic rings. The van der Waals surface area contributed by atoms with Crippen molar-refractivity contribution in [2.24, 2.45) is 5.73 Å². The third kappa shape index (κ3) is 3.72. The highest BCUT2D eigenvalue weighted by molar-refractivity contribution is 7.99. The van der Waals surface area contributed by atoms with Crippen molar-refractivity contribution in [2.45, 2.75) is 24.8 Å². The molecule has 1 aliphatic heterocycles. The van der Waals surface area contributed by atoms with Crippen molar-refractivity contribution in [3.63, 3.8) is 0 Å². The van der Waals surface area contributed by atoms with Gasteiger partial charge in [-0.25, -0.2) is 12.7 Å². The van der Waals surface area contributed by atoms with Crippen LogP contribution in [-0.2, 0) is 22.3 Å². The summed E-state index contributed by atoms with van der Waals surface area (Å²) in [6, 6.07) is 7.63. The van der Waals surface area contributed by atoms with E-state index in [-0.39, 0.29) is 11.8 Å². The topological polar surface area (TPSA) is 63.4 Å². The molecule has 0 amide bonds. The largest absolute Gasteiger partial charge is 0.326 e. The van der Waals surface area contributed by atoms with Crippen molar-refractivity contribution in [3.05, 3.63) is 35.4 Å². The minimum Gasteiger partial charge on any atom is -0.326 e. The summed E-state index contributed by atoms with van der Waals surface area (Å²) in [7, 11) is -1.55. The molecule has 19 heavy (non-hydrogen) atoms. The van der Waals surface area contributed by atoms with E-state index in [0.29, 0.717) is 6.54 Å². The van der Waals surface area contributed by atoms with E-state index in [0.717, 1.165) is 29.1 Å². The fourth-order valence-electron chi connectivity index (χ4n) is 2.19. The molecule has 0 radical (unpaired) electrons. The number of rotatable bonds is 5. The van der Waals surface area contributed by atoms with Gasteiger partial charge in [0.1, 0.15) is 0 Å². The van der Waals surface area contributed by atoms with E-state index in [4.69, 9.17) is 5.73 Å². The van der Waals surface area contributed by atoms with E-state index in [1.54, 1.807) is 11.4 Å². The molecule has 2 N–H and O–H groups in total. The van der Waals surface area contributed by atoms with Crippen LogP contribution in [0.1, 0.15) is 17.5 Å². The van der Waals surface area contributed by atoms with Crippen molar-refractivity contribution < 1.29 is 8.42 Å². The molecule has 1 saturated heterocycles. The van der Waals surface area contributed by atoms with Gasteiger partial charge in [0.15, 0.2) is 0 Å². The van der Waals surface area contributed by atoms with Crippen LogP contribution in [0.2, 0.25) is 0 Å². The Kier molecular flexibility index (Phi) is 4.89. The molecule has 1 aromatic carbocycles. The molecule has 0 bridgehead atoms. The lowest BCUT2D eigenvalue weighted by molar-refractivity contribution is 0.394. The minimum absolute atomic E-state index is 0.0541. The normalized spacial score (nSPS) is 20.1. The van der Waals surface area contributed by atoms with E-state index >= 15 is 0 Å². The Morgan fingerprint density at radius 2 is 2.16 bits per heavy atom. The molecule has 1 heterocycles. The molecule has 1 unspecified atom stereocenters. The Morgan fingerprint density at radius 1 is 1.42 bits per heavy atom. The molecular formula is C13H20N2O2S2. The predicted molar refractivity (Wildman–Crippen MR) is 80.5 cm³/mol. The highest BCUT2D eigenvalue weighted by atomic mass is 32.2. The molecule has 2 rings (SSSR count). The second kappa shape index (κ2) is 6.26. The predicted octanol–water partition coefficient (Wildman–Crippen LogP) is 1.41. The van der Waals surface area contributed by atoms with Gasteiger partial charge in [-0.2, -0.15) is 11.8 Å². The van der Waals surface area contributed by atoms with Crippen molar-refractivity contribution in [1.29, 1.82) is 0 Å². The van der Waals surface area contributed by atoms with E-state index in [9.17, 15) is 8.42 Å². The third-order valence-corrected chi connectivity index (χ3v) is 6.45. The van der Waals surface area contributed by atoms with Crippen LogP contribution in [0, 0.1) is 0 Å². The lowest BCUT2D eigenvalue weighted by Crippen LogP contribution is -2.37. The van der Waals surface area contributed by atoms with Gasteiger partial charge in [0.25, 0.3) is 0 Å². The Morgan fingerprint density at radius 3 is 2.79 bits per heavy atom. The van der Waals surface area contributed by atoms with Gasteiger partial charge in [-0.15, -0.1) is 0 Å². The van der Waals surface area contributed by atoms with Crippen LogP contribution in [0.25, 0.3) is 0 Å². The quantitative estimate of drug-likeness (QED) is 0.893. The molecule has 1 atom stereocenters. The summed E-state index contributed by atoms with van der Waals surface area (Å²) in [6.07, 6.45) is 0.948. The van der Waals surface area contributed by atoms with Crippen molar-refractivity contribution in [3.8, 4) is 0 Å². The van der Waals surface area contributed by atoms with E-state index in [1.165, 1.54) is 0 Å². The summed E-state index contributed by atoms with van der Waals surface area (Å²) in [5, 5.41) is 0. The molecule has 0 spiro atoms. The zero-order valence-electron chi connectivity index (χ0n) is 11.1. The van der Waals surface area contributed by atoms with Gasteiger partial charge in [-0.1, -0.05) is 24.3 Å². The number of thioether (sulfide) groups is 1. The van der Waals surface area contributed by atoms with Crippen LogP contribution in [0.5, 0.6) is 0 Å². The lowest BCUT2D eigenvalue weighted by Gasteiger charge is -2.23. The first-order chi connectivity index (χ1) is 9.03. The number of hydrogen-bond donors (Lipinski definition) is 1. The van der Waals surface area contributed by atoms with Gasteiger partial charge < -0.3 is 5.73 Å². The molecule has 1 aromatic rings. The first-order valence-corrected chi connectivity index (χ1v) is 9.10. The summed E-state index contributed by atoms with van der Waals surface area (Å²) in [5.74, 6) is 2.00. The second-order valence-corrected chi connectivity index (χ2v) is 7.99. The number of sulfonamides is 1. The van der Waals surface area contributed by atoms with Crippen LogP contribution in [0.4, 0.5) is 0 Å². The van der Waals surface area contributed by atoms with Gasteiger partial charge >= 0.3 is 0 Å². The van der Waals surface area contributed by atoms with Crippen LogP contribution >= 0.6 is 11.8 Å². The van der Waals surface area contributed by atoms with Crippen molar-refractivity contribution >= 4 is 21.8 Å². The minimum atomic E-state index is -3.24. The third-order valence-electron chi connectivity index (χ3n) is 3.43. The maximum atomic E-state index is 12.4. The zero-order chi connectivity index (χ0) is 13.9. The Hall–Kier alpha value is -0.560. The number of nitrogens with two attached hydrogens (primary N) is 1. The Balaban J connectivity index is 2.11. The molecule has 0 saturated carbocycles. The van der Waals surface area contributed by atoms with E-state index < -0.39 is 10.0 Å².